The van der Waals surface area contributed by atoms with E-state index in [1.54, 1.807) is 13.8 Å². The van der Waals surface area contributed by atoms with Crippen LogP contribution in [0.2, 0.25) is 5.02 Å². The summed E-state index contributed by atoms with van der Waals surface area (Å²) in [5, 5.41) is 9.51. The van der Waals surface area contributed by atoms with Crippen molar-refractivity contribution in [2.45, 2.75) is 71.5 Å². The number of nitrogens with one attached hydrogen (secondary N) is 1. The van der Waals surface area contributed by atoms with E-state index in [4.69, 9.17) is 21.7 Å². The zero-order valence-electron chi connectivity index (χ0n) is 18.2. The van der Waals surface area contributed by atoms with E-state index < -0.39 is 17.1 Å². The summed E-state index contributed by atoms with van der Waals surface area (Å²) in [5.41, 5.74) is 3.94. The van der Waals surface area contributed by atoms with Gasteiger partial charge in [0.1, 0.15) is 11.2 Å². The Labute approximate surface area is 178 Å². The average molecular weight is 412 g/mol. The van der Waals surface area contributed by atoms with Crippen molar-refractivity contribution >= 4 is 23.1 Å². The minimum atomic E-state index is -0.936. The van der Waals surface area contributed by atoms with Crippen LogP contribution >= 0.6 is 11.6 Å². The van der Waals surface area contributed by atoms with Gasteiger partial charge in [0.2, 0.25) is 0 Å². The SMILES string of the molecule is CCc1cc(Cl)ccc1-c1ccc(CC)c(C2C(=N)C(C)(C)OC(C)(C)C2=O)c1. The molecule has 0 amide bonds. The zero-order valence-corrected chi connectivity index (χ0v) is 18.9. The molecule has 29 heavy (non-hydrogen) atoms. The van der Waals surface area contributed by atoms with Crippen LogP contribution in [0.15, 0.2) is 36.4 Å². The van der Waals surface area contributed by atoms with Crippen LogP contribution in [0.4, 0.5) is 0 Å². The van der Waals surface area contributed by atoms with Crippen LogP contribution < -0.4 is 0 Å². The van der Waals surface area contributed by atoms with E-state index in [1.165, 1.54) is 5.56 Å². The second-order valence-electron chi connectivity index (χ2n) is 8.76. The molecule has 1 saturated heterocycles. The van der Waals surface area contributed by atoms with Gasteiger partial charge in [-0.2, -0.15) is 0 Å². The molecule has 3 nitrogen and oxygen atoms in total. The molecule has 3 rings (SSSR count). The van der Waals surface area contributed by atoms with Crippen LogP contribution in [0.1, 0.15) is 64.2 Å². The molecule has 154 valence electrons. The van der Waals surface area contributed by atoms with Crippen molar-refractivity contribution in [1.82, 2.24) is 0 Å². The molecule has 1 aliphatic rings. The molecule has 0 bridgehead atoms. The number of ether oxygens (including phenoxy) is 1. The third-order valence-corrected chi connectivity index (χ3v) is 6.14. The van der Waals surface area contributed by atoms with E-state index in [1.807, 2.05) is 32.0 Å². The Balaban J connectivity index is 2.20. The van der Waals surface area contributed by atoms with Gasteiger partial charge in [-0.15, -0.1) is 0 Å². The quantitative estimate of drug-likeness (QED) is 0.633. The molecule has 0 spiro atoms. The summed E-state index contributed by atoms with van der Waals surface area (Å²) in [4.78, 5) is 13.3. The monoisotopic (exact) mass is 411 g/mol. The van der Waals surface area contributed by atoms with Gasteiger partial charge in [0.25, 0.3) is 0 Å². The van der Waals surface area contributed by atoms with E-state index in [0.29, 0.717) is 5.71 Å². The second kappa shape index (κ2) is 7.70. The number of carbonyl (C=O) groups excluding carboxylic acids is 1. The summed E-state index contributed by atoms with van der Waals surface area (Å²) in [6.45, 7) is 11.6. The van der Waals surface area contributed by atoms with Gasteiger partial charge in [-0.25, -0.2) is 0 Å². The van der Waals surface area contributed by atoms with Crippen LogP contribution in [0, 0.1) is 5.41 Å². The van der Waals surface area contributed by atoms with Crippen LogP contribution in [-0.2, 0) is 22.4 Å². The first-order valence-corrected chi connectivity index (χ1v) is 10.6. The maximum atomic E-state index is 13.3. The molecule has 0 aliphatic carbocycles. The fourth-order valence-corrected chi connectivity index (χ4v) is 4.55. The van der Waals surface area contributed by atoms with Gasteiger partial charge in [-0.05, 0) is 86.6 Å². The number of aryl methyl sites for hydroxylation is 2. The fourth-order valence-electron chi connectivity index (χ4n) is 4.36. The first kappa shape index (κ1) is 21.7. The zero-order chi connectivity index (χ0) is 21.6. The Bertz CT molecular complexity index is 949. The van der Waals surface area contributed by atoms with E-state index >= 15 is 0 Å². The van der Waals surface area contributed by atoms with Gasteiger partial charge >= 0.3 is 0 Å². The number of ketones is 1. The maximum Gasteiger partial charge on any atom is 0.177 e. The third kappa shape index (κ3) is 3.91. The van der Waals surface area contributed by atoms with Crippen molar-refractivity contribution in [3.63, 3.8) is 0 Å². The van der Waals surface area contributed by atoms with E-state index in [-0.39, 0.29) is 5.78 Å². The summed E-state index contributed by atoms with van der Waals surface area (Å²) in [7, 11) is 0. The van der Waals surface area contributed by atoms with E-state index in [2.05, 4.69) is 32.0 Å². The number of Topliss-reactive ketones (excluding diaryl/α,β-unsaturated/α-hetero) is 1. The fraction of sp³-hybridized carbons (Fsp3) is 0.440. The van der Waals surface area contributed by atoms with Crippen molar-refractivity contribution in [2.75, 3.05) is 0 Å². The van der Waals surface area contributed by atoms with Gasteiger partial charge in [-0.3, -0.25) is 4.79 Å². The molecule has 2 aromatic carbocycles. The topological polar surface area (TPSA) is 50.1 Å². The molecule has 1 fully saturated rings. The van der Waals surface area contributed by atoms with Crippen molar-refractivity contribution in [1.29, 1.82) is 5.41 Å². The normalized spacial score (nSPS) is 20.7. The Morgan fingerprint density at radius 2 is 1.62 bits per heavy atom. The third-order valence-electron chi connectivity index (χ3n) is 5.90. The highest BCUT2D eigenvalue weighted by Gasteiger charge is 2.51. The van der Waals surface area contributed by atoms with E-state index in [9.17, 15) is 4.79 Å². The van der Waals surface area contributed by atoms with Crippen LogP contribution in [0.5, 0.6) is 0 Å². The van der Waals surface area contributed by atoms with Crippen molar-refractivity contribution < 1.29 is 9.53 Å². The number of benzene rings is 2. The van der Waals surface area contributed by atoms with Crippen molar-refractivity contribution in [2.24, 2.45) is 0 Å². The number of carbonyl (C=O) groups is 1. The highest BCUT2D eigenvalue weighted by Crippen LogP contribution is 2.41. The molecule has 2 aromatic rings. The van der Waals surface area contributed by atoms with Gasteiger partial charge in [-0.1, -0.05) is 43.6 Å². The molecule has 0 radical (unpaired) electrons. The lowest BCUT2D eigenvalue weighted by Gasteiger charge is -2.45. The number of hydrogen-bond donors (Lipinski definition) is 1. The predicted octanol–water partition coefficient (Wildman–Crippen LogP) is 6.39. The minimum Gasteiger partial charge on any atom is -0.356 e. The number of rotatable bonds is 4. The summed E-state index contributed by atoms with van der Waals surface area (Å²) in [5.74, 6) is -0.651. The Hall–Kier alpha value is -1.97. The first-order chi connectivity index (χ1) is 13.5. The lowest BCUT2D eigenvalue weighted by molar-refractivity contribution is -0.157. The molecule has 1 N–H and O–H groups in total. The molecule has 1 atom stereocenters. The molecule has 1 heterocycles. The summed E-state index contributed by atoms with van der Waals surface area (Å²) in [6, 6.07) is 12.2. The van der Waals surface area contributed by atoms with Crippen molar-refractivity contribution in [3.8, 4) is 11.1 Å². The standard InChI is InChI=1S/C25H30ClNO2/c1-7-15-9-10-17(19-12-11-18(26)13-16(19)8-2)14-20(15)21-22(27)24(3,4)29-25(5,6)23(21)28/h9-14,21,27H,7-8H2,1-6H3. The molecule has 1 aliphatic heterocycles. The van der Waals surface area contributed by atoms with E-state index in [0.717, 1.165) is 40.1 Å². The van der Waals surface area contributed by atoms with Gasteiger partial charge < -0.3 is 10.1 Å². The Morgan fingerprint density at radius 1 is 0.966 bits per heavy atom. The van der Waals surface area contributed by atoms with Crippen LogP contribution in [-0.4, -0.2) is 22.7 Å². The summed E-state index contributed by atoms with van der Waals surface area (Å²) >= 11 is 6.20. The molecule has 0 aromatic heterocycles. The first-order valence-electron chi connectivity index (χ1n) is 10.3. The lowest BCUT2D eigenvalue weighted by atomic mass is 9.72. The largest absolute Gasteiger partial charge is 0.356 e. The van der Waals surface area contributed by atoms with Gasteiger partial charge in [0.05, 0.1) is 11.6 Å². The average Bonchev–Trinajstić information content (AvgIpc) is 2.66. The Kier molecular flexibility index (Phi) is 5.77. The maximum absolute atomic E-state index is 13.3. The van der Waals surface area contributed by atoms with Crippen molar-refractivity contribution in [3.05, 3.63) is 58.1 Å². The van der Waals surface area contributed by atoms with Gasteiger partial charge in [0, 0.05) is 5.02 Å². The number of halogens is 1. The molecular weight excluding hydrogens is 382 g/mol. The van der Waals surface area contributed by atoms with Gasteiger partial charge in [0.15, 0.2) is 5.78 Å². The smallest absolute Gasteiger partial charge is 0.177 e. The minimum absolute atomic E-state index is 0.0551. The summed E-state index contributed by atoms with van der Waals surface area (Å²) in [6.07, 6.45) is 1.67. The highest BCUT2D eigenvalue weighted by atomic mass is 35.5. The summed E-state index contributed by atoms with van der Waals surface area (Å²) < 4.78 is 5.99. The molecule has 4 heteroatoms. The second-order valence-corrected chi connectivity index (χ2v) is 9.19. The lowest BCUT2D eigenvalue weighted by Crippen LogP contribution is -2.57. The predicted molar refractivity (Wildman–Crippen MR) is 120 cm³/mol. The molecular formula is C25H30ClNO2. The molecule has 0 saturated carbocycles. The van der Waals surface area contributed by atoms with Crippen LogP contribution in [0.25, 0.3) is 11.1 Å². The number of hydrogen-bond acceptors (Lipinski definition) is 3. The highest BCUT2D eigenvalue weighted by molar-refractivity contribution is 6.30. The molecule has 1 unspecified atom stereocenters. The Morgan fingerprint density at radius 3 is 2.24 bits per heavy atom. The van der Waals surface area contributed by atoms with Crippen LogP contribution in [0.3, 0.4) is 0 Å².